The lowest BCUT2D eigenvalue weighted by atomic mass is 10.1. The molecule has 4 heteroatoms. The second kappa shape index (κ2) is 7.00. The number of hydrogen-bond donors (Lipinski definition) is 1. The smallest absolute Gasteiger partial charge is 0.113 e. The summed E-state index contributed by atoms with van der Waals surface area (Å²) in [6.07, 6.45) is 0. The van der Waals surface area contributed by atoms with E-state index in [-0.39, 0.29) is 0 Å². The van der Waals surface area contributed by atoms with Crippen LogP contribution in [0.15, 0.2) is 103 Å². The molecular formula is C24H18N4. The van der Waals surface area contributed by atoms with E-state index in [4.69, 9.17) is 0 Å². The number of rotatable bonds is 4. The second-order valence-electron chi connectivity index (χ2n) is 6.59. The van der Waals surface area contributed by atoms with Crippen LogP contribution in [0.25, 0.3) is 27.8 Å². The van der Waals surface area contributed by atoms with Crippen molar-refractivity contribution >= 4 is 22.4 Å². The van der Waals surface area contributed by atoms with Crippen molar-refractivity contribution in [1.82, 2.24) is 15.0 Å². The van der Waals surface area contributed by atoms with Gasteiger partial charge in [0.1, 0.15) is 11.0 Å². The molecule has 4 aromatic carbocycles. The van der Waals surface area contributed by atoms with Gasteiger partial charge in [-0.05, 0) is 59.7 Å². The van der Waals surface area contributed by atoms with Crippen LogP contribution in [0.5, 0.6) is 0 Å². The Bertz CT molecular complexity index is 1170. The molecule has 0 spiro atoms. The first-order valence-electron chi connectivity index (χ1n) is 9.20. The molecule has 0 unspecified atom stereocenters. The molecule has 5 aromatic rings. The molecule has 0 atom stereocenters. The largest absolute Gasteiger partial charge is 0.356 e. The highest BCUT2D eigenvalue weighted by Crippen LogP contribution is 2.23. The van der Waals surface area contributed by atoms with E-state index in [0.29, 0.717) is 0 Å². The predicted molar refractivity (Wildman–Crippen MR) is 114 cm³/mol. The highest BCUT2D eigenvalue weighted by Gasteiger charge is 2.04. The molecule has 0 saturated carbocycles. The lowest BCUT2D eigenvalue weighted by Crippen LogP contribution is -1.98. The zero-order chi connectivity index (χ0) is 18.8. The van der Waals surface area contributed by atoms with E-state index in [1.807, 2.05) is 54.6 Å². The number of nitrogens with zero attached hydrogens (tertiary/aromatic N) is 3. The van der Waals surface area contributed by atoms with Crippen LogP contribution >= 0.6 is 0 Å². The average Bonchev–Trinajstić information content (AvgIpc) is 3.20. The summed E-state index contributed by atoms with van der Waals surface area (Å²) < 4.78 is 0. The maximum absolute atomic E-state index is 4.52. The molecular weight excluding hydrogens is 344 g/mol. The normalized spacial score (nSPS) is 10.9. The molecule has 1 aromatic heterocycles. The Labute approximate surface area is 163 Å². The summed E-state index contributed by atoms with van der Waals surface area (Å²) in [5, 5.41) is 12.5. The van der Waals surface area contributed by atoms with Crippen molar-refractivity contribution in [2.75, 3.05) is 5.32 Å². The van der Waals surface area contributed by atoms with Crippen molar-refractivity contribution in [2.45, 2.75) is 0 Å². The minimum Gasteiger partial charge on any atom is -0.356 e. The third kappa shape index (κ3) is 3.23. The van der Waals surface area contributed by atoms with Crippen LogP contribution in [0.3, 0.4) is 0 Å². The van der Waals surface area contributed by atoms with Crippen molar-refractivity contribution in [2.24, 2.45) is 0 Å². The first kappa shape index (κ1) is 16.3. The van der Waals surface area contributed by atoms with Gasteiger partial charge in [0.05, 0.1) is 5.69 Å². The van der Waals surface area contributed by atoms with Crippen molar-refractivity contribution in [3.05, 3.63) is 103 Å². The fourth-order valence-corrected chi connectivity index (χ4v) is 3.20. The van der Waals surface area contributed by atoms with Crippen molar-refractivity contribution in [3.63, 3.8) is 0 Å². The SMILES string of the molecule is c1ccc(-c2ccc(Nc3ccc(-n4nc5ccccc5n4)cc3)cc2)cc1. The standard InChI is InChI=1S/C24H18N4/c1-2-6-18(7-3-1)19-10-12-20(13-11-19)25-21-14-16-22(17-15-21)28-26-23-8-4-5-9-24(23)27-28/h1-17,25H. The molecule has 0 radical (unpaired) electrons. The molecule has 5 rings (SSSR count). The van der Waals surface area contributed by atoms with Gasteiger partial charge in [-0.1, -0.05) is 54.6 Å². The molecule has 4 nitrogen and oxygen atoms in total. The van der Waals surface area contributed by atoms with E-state index >= 15 is 0 Å². The quantitative estimate of drug-likeness (QED) is 0.437. The van der Waals surface area contributed by atoms with Gasteiger partial charge < -0.3 is 5.32 Å². The fourth-order valence-electron chi connectivity index (χ4n) is 3.20. The lowest BCUT2D eigenvalue weighted by molar-refractivity contribution is 0.766. The van der Waals surface area contributed by atoms with Gasteiger partial charge in [-0.15, -0.1) is 10.2 Å². The van der Waals surface area contributed by atoms with E-state index in [0.717, 1.165) is 28.1 Å². The molecule has 1 heterocycles. The number of nitrogens with one attached hydrogen (secondary N) is 1. The van der Waals surface area contributed by atoms with Gasteiger partial charge in [-0.25, -0.2) is 0 Å². The number of aromatic nitrogens is 3. The third-order valence-corrected chi connectivity index (χ3v) is 4.67. The maximum atomic E-state index is 4.52. The Morgan fingerprint density at radius 1 is 0.500 bits per heavy atom. The van der Waals surface area contributed by atoms with E-state index in [2.05, 4.69) is 64.0 Å². The first-order chi connectivity index (χ1) is 13.8. The Morgan fingerprint density at radius 2 is 1.00 bits per heavy atom. The molecule has 0 aliphatic rings. The summed E-state index contributed by atoms with van der Waals surface area (Å²) in [6, 6.07) is 34.8. The van der Waals surface area contributed by atoms with Gasteiger partial charge in [-0.3, -0.25) is 0 Å². The van der Waals surface area contributed by atoms with Gasteiger partial charge in [0, 0.05) is 11.4 Å². The summed E-state index contributed by atoms with van der Waals surface area (Å²) >= 11 is 0. The summed E-state index contributed by atoms with van der Waals surface area (Å²) in [7, 11) is 0. The van der Waals surface area contributed by atoms with Crippen LogP contribution in [0.1, 0.15) is 0 Å². The predicted octanol–water partition coefficient (Wildman–Crippen LogP) is 5.83. The summed E-state index contributed by atoms with van der Waals surface area (Å²) in [6.45, 7) is 0. The number of hydrogen-bond acceptors (Lipinski definition) is 3. The Balaban J connectivity index is 1.33. The monoisotopic (exact) mass is 362 g/mol. The molecule has 0 aliphatic carbocycles. The highest BCUT2D eigenvalue weighted by molar-refractivity contribution is 5.73. The fraction of sp³-hybridized carbons (Fsp3) is 0. The summed E-state index contributed by atoms with van der Waals surface area (Å²) in [4.78, 5) is 1.67. The molecule has 1 N–H and O–H groups in total. The van der Waals surface area contributed by atoms with Crippen LogP contribution in [-0.2, 0) is 0 Å². The van der Waals surface area contributed by atoms with E-state index in [1.54, 1.807) is 4.80 Å². The van der Waals surface area contributed by atoms with Gasteiger partial charge in [0.25, 0.3) is 0 Å². The van der Waals surface area contributed by atoms with Crippen LogP contribution in [0, 0.1) is 0 Å². The maximum Gasteiger partial charge on any atom is 0.113 e. The first-order valence-corrected chi connectivity index (χ1v) is 9.20. The number of benzene rings is 4. The third-order valence-electron chi connectivity index (χ3n) is 4.67. The molecule has 28 heavy (non-hydrogen) atoms. The average molecular weight is 362 g/mol. The Kier molecular flexibility index (Phi) is 4.07. The van der Waals surface area contributed by atoms with Crippen molar-refractivity contribution in [3.8, 4) is 16.8 Å². The Hall–Kier alpha value is -3.92. The van der Waals surface area contributed by atoms with E-state index in [1.165, 1.54) is 11.1 Å². The molecule has 0 bridgehead atoms. The number of fused-ring (bicyclic) bond motifs is 1. The van der Waals surface area contributed by atoms with Crippen molar-refractivity contribution in [1.29, 1.82) is 0 Å². The topological polar surface area (TPSA) is 42.7 Å². The summed E-state index contributed by atoms with van der Waals surface area (Å²) in [5.41, 5.74) is 7.21. The second-order valence-corrected chi connectivity index (χ2v) is 6.59. The molecule has 0 amide bonds. The Morgan fingerprint density at radius 3 is 1.61 bits per heavy atom. The zero-order valence-electron chi connectivity index (χ0n) is 15.2. The van der Waals surface area contributed by atoms with Crippen LogP contribution in [-0.4, -0.2) is 15.0 Å². The van der Waals surface area contributed by atoms with Gasteiger partial charge >= 0.3 is 0 Å². The molecule has 134 valence electrons. The van der Waals surface area contributed by atoms with Crippen LogP contribution < -0.4 is 5.32 Å². The van der Waals surface area contributed by atoms with Crippen LogP contribution in [0.4, 0.5) is 11.4 Å². The van der Waals surface area contributed by atoms with Crippen LogP contribution in [0.2, 0.25) is 0 Å². The van der Waals surface area contributed by atoms with Gasteiger partial charge in [-0.2, -0.15) is 4.80 Å². The van der Waals surface area contributed by atoms with E-state index < -0.39 is 0 Å². The minimum absolute atomic E-state index is 0.892. The van der Waals surface area contributed by atoms with E-state index in [9.17, 15) is 0 Å². The molecule has 0 fully saturated rings. The molecule has 0 saturated heterocycles. The lowest BCUT2D eigenvalue weighted by Gasteiger charge is -2.09. The zero-order valence-corrected chi connectivity index (χ0v) is 15.2. The minimum atomic E-state index is 0.892. The van der Waals surface area contributed by atoms with Crippen molar-refractivity contribution < 1.29 is 0 Å². The highest BCUT2D eigenvalue weighted by atomic mass is 15.5. The van der Waals surface area contributed by atoms with Gasteiger partial charge in [0.2, 0.25) is 0 Å². The number of anilines is 2. The summed E-state index contributed by atoms with van der Waals surface area (Å²) in [5.74, 6) is 0. The van der Waals surface area contributed by atoms with Gasteiger partial charge in [0.15, 0.2) is 0 Å². The molecule has 0 aliphatic heterocycles.